The topological polar surface area (TPSA) is 42.0 Å². The summed E-state index contributed by atoms with van der Waals surface area (Å²) in [5, 5.41) is 1.42. The molecule has 0 saturated heterocycles. The van der Waals surface area contributed by atoms with E-state index in [0.29, 0.717) is 15.6 Å². The van der Waals surface area contributed by atoms with Gasteiger partial charge in [-0.05, 0) is 42.3 Å². The van der Waals surface area contributed by atoms with E-state index in [1.54, 1.807) is 24.4 Å². The first-order valence-corrected chi connectivity index (χ1v) is 8.41. The van der Waals surface area contributed by atoms with Crippen LogP contribution in [0.5, 0.6) is 0 Å². The van der Waals surface area contributed by atoms with Gasteiger partial charge in [-0.3, -0.25) is 4.98 Å². The standard InChI is InChI=1S/C16H13ClN2OS/c1-21(20,13-5-3-2-4-6-13)19-12-7-8-16-14(11-12)15(17)9-10-18-16/h2-11H,1H2,(H,19,20). The van der Waals surface area contributed by atoms with Crippen molar-refractivity contribution in [2.45, 2.75) is 4.90 Å². The largest absolute Gasteiger partial charge is 0.309 e. The Morgan fingerprint density at radius 1 is 1.10 bits per heavy atom. The molecule has 2 aromatic carbocycles. The Morgan fingerprint density at radius 3 is 2.62 bits per heavy atom. The summed E-state index contributed by atoms with van der Waals surface area (Å²) in [7, 11) is -2.61. The quantitative estimate of drug-likeness (QED) is 0.742. The van der Waals surface area contributed by atoms with E-state index in [9.17, 15) is 4.21 Å². The number of halogens is 1. The van der Waals surface area contributed by atoms with Crippen LogP contribution in [-0.2, 0) is 9.71 Å². The Kier molecular flexibility index (Phi) is 3.57. The van der Waals surface area contributed by atoms with Crippen molar-refractivity contribution in [2.75, 3.05) is 4.72 Å². The highest BCUT2D eigenvalue weighted by Gasteiger charge is 2.08. The fourth-order valence-electron chi connectivity index (χ4n) is 2.07. The minimum Gasteiger partial charge on any atom is -0.309 e. The molecule has 0 aliphatic rings. The zero-order valence-electron chi connectivity index (χ0n) is 11.1. The molecule has 3 rings (SSSR count). The molecule has 1 aromatic heterocycles. The fourth-order valence-corrected chi connectivity index (χ4v) is 3.50. The molecule has 106 valence electrons. The molecule has 0 aliphatic heterocycles. The van der Waals surface area contributed by atoms with Crippen molar-refractivity contribution in [1.29, 1.82) is 0 Å². The molecule has 3 nitrogen and oxygen atoms in total. The van der Waals surface area contributed by atoms with Gasteiger partial charge < -0.3 is 4.72 Å². The number of hydrogen-bond acceptors (Lipinski definition) is 2. The number of fused-ring (bicyclic) bond motifs is 1. The second-order valence-electron chi connectivity index (χ2n) is 4.62. The van der Waals surface area contributed by atoms with Gasteiger partial charge in [-0.2, -0.15) is 0 Å². The smallest absolute Gasteiger partial charge is 0.0738 e. The number of benzene rings is 2. The SMILES string of the molecule is C=S(=O)(Nc1ccc2nccc(Cl)c2c1)c1ccccc1. The number of nitrogens with one attached hydrogen (secondary N) is 1. The molecular formula is C16H13ClN2OS. The zero-order chi connectivity index (χ0) is 14.9. The van der Waals surface area contributed by atoms with E-state index in [4.69, 9.17) is 11.6 Å². The van der Waals surface area contributed by atoms with Crippen molar-refractivity contribution in [3.63, 3.8) is 0 Å². The van der Waals surface area contributed by atoms with Gasteiger partial charge in [-0.25, -0.2) is 4.21 Å². The number of hydrogen-bond donors (Lipinski definition) is 1. The average Bonchev–Trinajstić information content (AvgIpc) is 2.49. The number of nitrogens with zero attached hydrogens (tertiary/aromatic N) is 1. The van der Waals surface area contributed by atoms with Gasteiger partial charge in [-0.1, -0.05) is 29.8 Å². The normalized spacial score (nSPS) is 13.8. The second-order valence-corrected chi connectivity index (χ2v) is 7.05. The van der Waals surface area contributed by atoms with Gasteiger partial charge in [0.1, 0.15) is 0 Å². The Bertz CT molecular complexity index is 893. The highest BCUT2D eigenvalue weighted by Crippen LogP contribution is 2.25. The predicted molar refractivity (Wildman–Crippen MR) is 90.3 cm³/mol. The van der Waals surface area contributed by atoms with Crippen molar-refractivity contribution in [2.24, 2.45) is 0 Å². The Hall–Kier alpha value is -2.04. The lowest BCUT2D eigenvalue weighted by Crippen LogP contribution is -2.12. The summed E-state index contributed by atoms with van der Waals surface area (Å²) in [6.45, 7) is 0. The molecule has 0 aliphatic carbocycles. The Balaban J connectivity index is 2.01. The highest BCUT2D eigenvalue weighted by atomic mass is 35.5. The maximum absolute atomic E-state index is 12.7. The first kappa shape index (κ1) is 13.9. The van der Waals surface area contributed by atoms with Crippen LogP contribution >= 0.6 is 11.6 Å². The molecule has 3 aromatic rings. The Morgan fingerprint density at radius 2 is 1.86 bits per heavy atom. The predicted octanol–water partition coefficient (Wildman–Crippen LogP) is 3.99. The van der Waals surface area contributed by atoms with Crippen LogP contribution < -0.4 is 4.72 Å². The van der Waals surface area contributed by atoms with E-state index < -0.39 is 9.71 Å². The van der Waals surface area contributed by atoms with Crippen molar-refractivity contribution in [3.8, 4) is 0 Å². The lowest BCUT2D eigenvalue weighted by atomic mass is 10.2. The van der Waals surface area contributed by atoms with E-state index in [1.165, 1.54) is 0 Å². The van der Waals surface area contributed by atoms with E-state index in [-0.39, 0.29) is 0 Å². The van der Waals surface area contributed by atoms with Crippen molar-refractivity contribution >= 4 is 43.8 Å². The van der Waals surface area contributed by atoms with Crippen LogP contribution in [-0.4, -0.2) is 15.1 Å². The molecule has 0 amide bonds. The third kappa shape index (κ3) is 2.86. The Labute approximate surface area is 128 Å². The van der Waals surface area contributed by atoms with Crippen LogP contribution in [0.4, 0.5) is 5.69 Å². The maximum atomic E-state index is 12.7. The molecular weight excluding hydrogens is 304 g/mol. The van der Waals surface area contributed by atoms with Gasteiger partial charge in [-0.15, -0.1) is 0 Å². The van der Waals surface area contributed by atoms with Crippen molar-refractivity contribution in [1.82, 2.24) is 4.98 Å². The van der Waals surface area contributed by atoms with Gasteiger partial charge in [0, 0.05) is 22.2 Å². The van der Waals surface area contributed by atoms with Crippen LogP contribution in [0.2, 0.25) is 5.02 Å². The summed E-state index contributed by atoms with van der Waals surface area (Å²) in [4.78, 5) is 4.89. The van der Waals surface area contributed by atoms with Gasteiger partial charge in [0.2, 0.25) is 0 Å². The summed E-state index contributed by atoms with van der Waals surface area (Å²) < 4.78 is 15.7. The van der Waals surface area contributed by atoms with Crippen LogP contribution in [0.15, 0.2) is 65.7 Å². The van der Waals surface area contributed by atoms with Gasteiger partial charge >= 0.3 is 0 Å². The van der Waals surface area contributed by atoms with E-state index in [1.807, 2.05) is 36.4 Å². The minimum absolute atomic E-state index is 0.610. The first-order valence-electron chi connectivity index (χ1n) is 6.31. The summed E-state index contributed by atoms with van der Waals surface area (Å²) in [5.74, 6) is 3.81. The monoisotopic (exact) mass is 316 g/mol. The number of pyridine rings is 1. The molecule has 0 saturated carbocycles. The lowest BCUT2D eigenvalue weighted by molar-refractivity contribution is 0.684. The van der Waals surface area contributed by atoms with Crippen molar-refractivity contribution in [3.05, 3.63) is 65.8 Å². The highest BCUT2D eigenvalue weighted by molar-refractivity contribution is 8.01. The molecule has 0 fully saturated rings. The summed E-state index contributed by atoms with van der Waals surface area (Å²) in [6, 6.07) is 16.3. The molecule has 21 heavy (non-hydrogen) atoms. The third-order valence-electron chi connectivity index (χ3n) is 3.10. The molecule has 0 radical (unpaired) electrons. The molecule has 5 heteroatoms. The van der Waals surface area contributed by atoms with Gasteiger partial charge in [0.15, 0.2) is 0 Å². The minimum atomic E-state index is -2.61. The summed E-state index contributed by atoms with van der Waals surface area (Å²) >= 11 is 6.16. The first-order chi connectivity index (χ1) is 10.1. The third-order valence-corrected chi connectivity index (χ3v) is 5.02. The van der Waals surface area contributed by atoms with Crippen LogP contribution in [0.25, 0.3) is 10.9 Å². The lowest BCUT2D eigenvalue weighted by Gasteiger charge is -2.13. The number of aromatic nitrogens is 1. The molecule has 1 unspecified atom stereocenters. The molecule has 1 heterocycles. The number of anilines is 1. The molecule has 1 atom stereocenters. The van der Waals surface area contributed by atoms with Crippen LogP contribution in [0.1, 0.15) is 0 Å². The average molecular weight is 317 g/mol. The zero-order valence-corrected chi connectivity index (χ0v) is 12.7. The van der Waals surface area contributed by atoms with Crippen molar-refractivity contribution < 1.29 is 4.21 Å². The van der Waals surface area contributed by atoms with E-state index in [0.717, 1.165) is 10.9 Å². The van der Waals surface area contributed by atoms with Crippen LogP contribution in [0.3, 0.4) is 0 Å². The van der Waals surface area contributed by atoms with Gasteiger partial charge in [0.05, 0.1) is 20.2 Å². The number of rotatable bonds is 3. The van der Waals surface area contributed by atoms with E-state index >= 15 is 0 Å². The van der Waals surface area contributed by atoms with Crippen LogP contribution in [0, 0.1) is 0 Å². The second kappa shape index (κ2) is 5.39. The maximum Gasteiger partial charge on any atom is 0.0738 e. The summed E-state index contributed by atoms with van der Waals surface area (Å²) in [5.41, 5.74) is 1.49. The molecule has 1 N–H and O–H groups in total. The molecule has 0 bridgehead atoms. The summed E-state index contributed by atoms with van der Waals surface area (Å²) in [6.07, 6.45) is 1.66. The van der Waals surface area contributed by atoms with E-state index in [2.05, 4.69) is 15.6 Å². The fraction of sp³-hybridized carbons (Fsp3) is 0. The molecule has 0 spiro atoms. The van der Waals surface area contributed by atoms with Gasteiger partial charge in [0.25, 0.3) is 0 Å².